The molecule has 3 aromatic rings. The molecular weight excluding hydrogens is 383 g/mol. The number of hydrogen-bond acceptors (Lipinski definition) is 6. The molecule has 29 heavy (non-hydrogen) atoms. The van der Waals surface area contributed by atoms with Crippen LogP contribution in [-0.4, -0.2) is 50.5 Å². The fraction of sp³-hybridized carbons (Fsp3) is 0.474. The minimum absolute atomic E-state index is 0.109. The second kappa shape index (κ2) is 7.25. The summed E-state index contributed by atoms with van der Waals surface area (Å²) >= 11 is 0. The Morgan fingerprint density at radius 1 is 1.21 bits per heavy atom. The fourth-order valence-electron chi connectivity index (χ4n) is 3.48. The summed E-state index contributed by atoms with van der Waals surface area (Å²) < 4.78 is 40.5. The van der Waals surface area contributed by atoms with Crippen LogP contribution in [0.1, 0.15) is 26.0 Å². The third-order valence-corrected chi connectivity index (χ3v) is 5.42. The van der Waals surface area contributed by atoms with E-state index >= 15 is 0 Å². The highest BCUT2D eigenvalue weighted by molar-refractivity contribution is 5.58. The van der Waals surface area contributed by atoms with Crippen LogP contribution in [0.25, 0.3) is 17.2 Å². The number of fused-ring (bicyclic) bond motifs is 1. The van der Waals surface area contributed by atoms with Gasteiger partial charge in [0.25, 0.3) is 0 Å². The number of rotatable bonds is 3. The standard InChI is InChI=1S/C19H22F3N7/c1-3-18(2)11-23-6-7-28(12-18)15-4-5-24-17(27-15)13-8-26-16-9-25-14(10-29(13)16)19(20,21)22/h4-5,8-10,23H,3,6-7,11-12H2,1-2H3. The van der Waals surface area contributed by atoms with Gasteiger partial charge in [-0.3, -0.25) is 4.40 Å². The monoisotopic (exact) mass is 405 g/mol. The van der Waals surface area contributed by atoms with Crippen molar-refractivity contribution >= 4 is 11.5 Å². The third kappa shape index (κ3) is 3.89. The van der Waals surface area contributed by atoms with Gasteiger partial charge < -0.3 is 10.2 Å². The van der Waals surface area contributed by atoms with Crippen LogP contribution in [0.3, 0.4) is 0 Å². The summed E-state index contributed by atoms with van der Waals surface area (Å²) in [6.45, 7) is 7.80. The molecule has 1 unspecified atom stereocenters. The van der Waals surface area contributed by atoms with Gasteiger partial charge in [0.15, 0.2) is 17.2 Å². The Hall–Kier alpha value is -2.75. The minimum Gasteiger partial charge on any atom is -0.355 e. The summed E-state index contributed by atoms with van der Waals surface area (Å²) in [4.78, 5) is 18.7. The number of anilines is 1. The highest BCUT2D eigenvalue weighted by Gasteiger charge is 2.33. The maximum absolute atomic E-state index is 13.1. The van der Waals surface area contributed by atoms with Gasteiger partial charge in [0, 0.05) is 38.6 Å². The zero-order chi connectivity index (χ0) is 20.6. The predicted octanol–water partition coefficient (Wildman–Crippen LogP) is 3.03. The minimum atomic E-state index is -4.54. The maximum Gasteiger partial charge on any atom is 0.434 e. The van der Waals surface area contributed by atoms with Crippen LogP contribution in [0, 0.1) is 5.41 Å². The molecule has 0 aliphatic carbocycles. The largest absolute Gasteiger partial charge is 0.434 e. The lowest BCUT2D eigenvalue weighted by atomic mass is 9.87. The van der Waals surface area contributed by atoms with Gasteiger partial charge in [-0.25, -0.2) is 19.9 Å². The molecule has 1 atom stereocenters. The Kier molecular flexibility index (Phi) is 4.89. The molecule has 0 saturated carbocycles. The van der Waals surface area contributed by atoms with Gasteiger partial charge in [0.05, 0.1) is 12.4 Å². The lowest BCUT2D eigenvalue weighted by Crippen LogP contribution is -2.37. The van der Waals surface area contributed by atoms with Crippen LogP contribution < -0.4 is 10.2 Å². The number of halogens is 3. The number of aromatic nitrogens is 5. The first-order valence-electron chi connectivity index (χ1n) is 9.48. The highest BCUT2D eigenvalue weighted by atomic mass is 19.4. The van der Waals surface area contributed by atoms with Crippen molar-refractivity contribution in [2.75, 3.05) is 31.1 Å². The van der Waals surface area contributed by atoms with Crippen LogP contribution in [-0.2, 0) is 6.18 Å². The molecular formula is C19H22F3N7. The SMILES string of the molecule is CCC1(C)CNCCN(c2ccnc(-c3cnc4cnc(C(F)(F)F)cn34)n2)C1. The Morgan fingerprint density at radius 2 is 2.03 bits per heavy atom. The quantitative estimate of drug-likeness (QED) is 0.722. The lowest BCUT2D eigenvalue weighted by molar-refractivity contribution is -0.141. The highest BCUT2D eigenvalue weighted by Crippen LogP contribution is 2.29. The molecule has 7 nitrogen and oxygen atoms in total. The second-order valence-corrected chi connectivity index (χ2v) is 7.64. The fourth-order valence-corrected chi connectivity index (χ4v) is 3.48. The van der Waals surface area contributed by atoms with E-state index in [4.69, 9.17) is 0 Å². The zero-order valence-electron chi connectivity index (χ0n) is 16.2. The van der Waals surface area contributed by atoms with Gasteiger partial charge in [-0.15, -0.1) is 0 Å². The zero-order valence-corrected chi connectivity index (χ0v) is 16.2. The van der Waals surface area contributed by atoms with E-state index < -0.39 is 11.9 Å². The van der Waals surface area contributed by atoms with E-state index in [2.05, 4.69) is 44.0 Å². The van der Waals surface area contributed by atoms with Crippen molar-refractivity contribution in [3.63, 3.8) is 0 Å². The normalized spacial score (nSPS) is 20.8. The van der Waals surface area contributed by atoms with Crippen LogP contribution in [0.5, 0.6) is 0 Å². The van der Waals surface area contributed by atoms with E-state index in [1.165, 1.54) is 10.6 Å². The molecule has 4 heterocycles. The van der Waals surface area contributed by atoms with Crippen molar-refractivity contribution in [2.24, 2.45) is 5.41 Å². The Balaban J connectivity index is 1.72. The van der Waals surface area contributed by atoms with E-state index in [0.29, 0.717) is 17.2 Å². The van der Waals surface area contributed by atoms with Crippen molar-refractivity contribution in [2.45, 2.75) is 26.4 Å². The number of imidazole rings is 1. The number of hydrogen-bond donors (Lipinski definition) is 1. The Labute approximate surface area is 166 Å². The molecule has 10 heteroatoms. The molecule has 1 aliphatic rings. The average Bonchev–Trinajstić information content (AvgIpc) is 3.02. The Morgan fingerprint density at radius 3 is 2.79 bits per heavy atom. The smallest absolute Gasteiger partial charge is 0.355 e. The van der Waals surface area contributed by atoms with E-state index in [0.717, 1.165) is 50.8 Å². The molecule has 1 saturated heterocycles. The summed E-state index contributed by atoms with van der Waals surface area (Å²) in [6, 6.07) is 1.83. The summed E-state index contributed by atoms with van der Waals surface area (Å²) in [7, 11) is 0. The molecule has 1 N–H and O–H groups in total. The van der Waals surface area contributed by atoms with Gasteiger partial charge in [0.1, 0.15) is 11.5 Å². The van der Waals surface area contributed by atoms with Crippen LogP contribution in [0.2, 0.25) is 0 Å². The summed E-state index contributed by atoms with van der Waals surface area (Å²) in [5.74, 6) is 1.07. The number of alkyl halides is 3. The van der Waals surface area contributed by atoms with Crippen molar-refractivity contribution in [3.05, 3.63) is 36.5 Å². The first kappa shape index (κ1) is 19.6. The Bertz CT molecular complexity index is 1020. The number of nitrogens with zero attached hydrogens (tertiary/aromatic N) is 6. The second-order valence-electron chi connectivity index (χ2n) is 7.64. The molecule has 1 aliphatic heterocycles. The van der Waals surface area contributed by atoms with Crippen LogP contribution in [0.15, 0.2) is 30.9 Å². The average molecular weight is 405 g/mol. The third-order valence-electron chi connectivity index (χ3n) is 5.42. The molecule has 0 amide bonds. The van der Waals surface area contributed by atoms with Gasteiger partial charge in [-0.1, -0.05) is 13.8 Å². The van der Waals surface area contributed by atoms with E-state index in [1.807, 2.05) is 6.07 Å². The molecule has 1 fully saturated rings. The molecule has 0 radical (unpaired) electrons. The van der Waals surface area contributed by atoms with Crippen molar-refractivity contribution in [3.8, 4) is 11.5 Å². The van der Waals surface area contributed by atoms with E-state index in [1.54, 1.807) is 6.20 Å². The molecule has 0 bridgehead atoms. The van der Waals surface area contributed by atoms with Crippen molar-refractivity contribution in [1.29, 1.82) is 0 Å². The van der Waals surface area contributed by atoms with E-state index in [-0.39, 0.29) is 5.41 Å². The van der Waals surface area contributed by atoms with Gasteiger partial charge >= 0.3 is 6.18 Å². The van der Waals surface area contributed by atoms with Crippen molar-refractivity contribution in [1.82, 2.24) is 29.7 Å². The van der Waals surface area contributed by atoms with Gasteiger partial charge in [-0.05, 0) is 17.9 Å². The molecule has 3 aromatic heterocycles. The summed E-state index contributed by atoms with van der Waals surface area (Å²) in [6.07, 6.45) is 1.61. The molecule has 154 valence electrons. The molecule has 0 spiro atoms. The lowest BCUT2D eigenvalue weighted by Gasteiger charge is -2.32. The first-order valence-corrected chi connectivity index (χ1v) is 9.48. The van der Waals surface area contributed by atoms with Crippen LogP contribution in [0.4, 0.5) is 19.0 Å². The predicted molar refractivity (Wildman–Crippen MR) is 102 cm³/mol. The first-order chi connectivity index (χ1) is 13.8. The van der Waals surface area contributed by atoms with Crippen molar-refractivity contribution < 1.29 is 13.2 Å². The summed E-state index contributed by atoms with van der Waals surface area (Å²) in [5, 5.41) is 3.46. The topological polar surface area (TPSA) is 71.2 Å². The van der Waals surface area contributed by atoms with E-state index in [9.17, 15) is 13.2 Å². The van der Waals surface area contributed by atoms with Gasteiger partial charge in [0.2, 0.25) is 0 Å². The molecule has 0 aromatic carbocycles. The number of nitrogens with one attached hydrogen (secondary N) is 1. The van der Waals surface area contributed by atoms with Gasteiger partial charge in [-0.2, -0.15) is 13.2 Å². The molecule has 4 rings (SSSR count). The van der Waals surface area contributed by atoms with Crippen LogP contribution >= 0.6 is 0 Å². The maximum atomic E-state index is 13.1. The summed E-state index contributed by atoms with van der Waals surface area (Å²) in [5.41, 5.74) is -0.184.